The molecule has 0 aliphatic rings. The number of aryl methyl sites for hydroxylation is 2. The number of fused-ring (bicyclic) bond motifs is 1. The third-order valence-electron chi connectivity index (χ3n) is 2.43. The van der Waals surface area contributed by atoms with Crippen LogP contribution in [0, 0.1) is 6.92 Å². The first-order chi connectivity index (χ1) is 8.17. The Labute approximate surface area is 98.6 Å². The first-order valence-electron chi connectivity index (χ1n) is 5.63. The molecule has 2 aromatic heterocycles. The van der Waals surface area contributed by atoms with Crippen LogP contribution in [0.3, 0.4) is 0 Å². The predicted octanol–water partition coefficient (Wildman–Crippen LogP) is 1.33. The number of hydrogen-bond acceptors (Lipinski definition) is 4. The van der Waals surface area contributed by atoms with Crippen LogP contribution >= 0.6 is 0 Å². The minimum absolute atomic E-state index is 0.0150. The molecule has 17 heavy (non-hydrogen) atoms. The largest absolute Gasteiger partial charge is 0.277 e. The molecule has 0 aromatic carbocycles. The summed E-state index contributed by atoms with van der Waals surface area (Å²) < 4.78 is 3.24. The maximum absolute atomic E-state index is 12.0. The molecule has 0 bridgehead atoms. The number of aliphatic imine (C=N–C) groups is 1. The zero-order valence-electron chi connectivity index (χ0n) is 10.2. The van der Waals surface area contributed by atoms with Crippen LogP contribution < -0.4 is 5.56 Å². The lowest BCUT2D eigenvalue weighted by Crippen LogP contribution is -2.24. The van der Waals surface area contributed by atoms with E-state index >= 15 is 0 Å². The lowest BCUT2D eigenvalue weighted by Gasteiger charge is -2.05. The summed E-state index contributed by atoms with van der Waals surface area (Å²) in [4.78, 5) is 20.2. The Morgan fingerprint density at radius 1 is 1.53 bits per heavy atom. The van der Waals surface area contributed by atoms with E-state index in [1.807, 2.05) is 6.92 Å². The van der Waals surface area contributed by atoms with Crippen molar-refractivity contribution in [2.75, 3.05) is 0 Å². The summed E-state index contributed by atoms with van der Waals surface area (Å²) in [6, 6.07) is 0. The number of nitrogens with zero attached hydrogens (tertiary/aromatic N) is 5. The normalized spacial score (nSPS) is 11.7. The molecule has 0 aliphatic carbocycles. The molecule has 6 heteroatoms. The van der Waals surface area contributed by atoms with Crippen LogP contribution in [0.2, 0.25) is 0 Å². The minimum atomic E-state index is -0.0150. The van der Waals surface area contributed by atoms with Crippen LogP contribution in [0.5, 0.6) is 0 Å². The summed E-state index contributed by atoms with van der Waals surface area (Å²) in [6.07, 6.45) is 4.19. The van der Waals surface area contributed by atoms with Gasteiger partial charge >= 0.3 is 0 Å². The van der Waals surface area contributed by atoms with Crippen LogP contribution in [-0.2, 0) is 6.54 Å². The molecule has 0 amide bonds. The van der Waals surface area contributed by atoms with Crippen LogP contribution in [0.4, 0.5) is 5.95 Å². The maximum atomic E-state index is 12.0. The van der Waals surface area contributed by atoms with E-state index in [-0.39, 0.29) is 5.56 Å². The fraction of sp³-hybridized carbons (Fsp3) is 0.455. The first kappa shape index (κ1) is 11.5. The Morgan fingerprint density at radius 2 is 2.29 bits per heavy atom. The third kappa shape index (κ3) is 1.98. The smallest absolute Gasteiger partial charge is 0.270 e. The molecule has 0 saturated heterocycles. The number of hydrogen-bond donors (Lipinski definition) is 0. The Bertz CT molecular complexity index is 623. The molecule has 0 atom stereocenters. The van der Waals surface area contributed by atoms with Crippen molar-refractivity contribution >= 4 is 17.9 Å². The average Bonchev–Trinajstić information content (AvgIpc) is 2.67. The van der Waals surface area contributed by atoms with Crippen LogP contribution in [0.25, 0.3) is 5.78 Å². The van der Waals surface area contributed by atoms with Gasteiger partial charge in [0.05, 0.1) is 0 Å². The van der Waals surface area contributed by atoms with Gasteiger partial charge in [0.1, 0.15) is 0 Å². The first-order valence-corrected chi connectivity index (χ1v) is 5.63. The number of rotatable bonds is 3. The van der Waals surface area contributed by atoms with Crippen molar-refractivity contribution in [2.24, 2.45) is 4.99 Å². The highest BCUT2D eigenvalue weighted by atomic mass is 16.1. The third-order valence-corrected chi connectivity index (χ3v) is 2.43. The van der Waals surface area contributed by atoms with E-state index in [1.165, 1.54) is 0 Å². The average molecular weight is 233 g/mol. The van der Waals surface area contributed by atoms with Gasteiger partial charge in [0.25, 0.3) is 11.5 Å². The summed E-state index contributed by atoms with van der Waals surface area (Å²) in [5, 5.41) is 4.20. The van der Waals surface area contributed by atoms with E-state index in [0.29, 0.717) is 23.8 Å². The van der Waals surface area contributed by atoms with Crippen molar-refractivity contribution in [1.29, 1.82) is 0 Å². The molecule has 0 radical (unpaired) electrons. The van der Waals surface area contributed by atoms with Crippen molar-refractivity contribution in [3.63, 3.8) is 0 Å². The van der Waals surface area contributed by atoms with Crippen LogP contribution in [0.1, 0.15) is 25.8 Å². The van der Waals surface area contributed by atoms with Crippen molar-refractivity contribution in [1.82, 2.24) is 19.2 Å². The highest BCUT2D eigenvalue weighted by Gasteiger charge is 2.10. The lowest BCUT2D eigenvalue weighted by molar-refractivity contribution is 0.646. The van der Waals surface area contributed by atoms with Crippen LogP contribution in [-0.4, -0.2) is 25.4 Å². The summed E-state index contributed by atoms with van der Waals surface area (Å²) in [6.45, 7) is 6.24. The predicted molar refractivity (Wildman–Crippen MR) is 66.1 cm³/mol. The molecule has 6 nitrogen and oxygen atoms in total. The molecular weight excluding hydrogens is 218 g/mol. The molecule has 2 rings (SSSR count). The van der Waals surface area contributed by atoms with E-state index in [9.17, 15) is 4.79 Å². The summed E-state index contributed by atoms with van der Waals surface area (Å²) in [5.74, 6) is 0.922. The molecule has 0 saturated carbocycles. The summed E-state index contributed by atoms with van der Waals surface area (Å²) in [5.41, 5.74) is 0.640. The summed E-state index contributed by atoms with van der Waals surface area (Å²) >= 11 is 0. The second-order valence-corrected chi connectivity index (χ2v) is 3.81. The highest BCUT2D eigenvalue weighted by Crippen LogP contribution is 2.07. The molecule has 0 N–H and O–H groups in total. The van der Waals surface area contributed by atoms with Gasteiger partial charge < -0.3 is 0 Å². The van der Waals surface area contributed by atoms with Gasteiger partial charge in [-0.3, -0.25) is 9.36 Å². The van der Waals surface area contributed by atoms with Crippen LogP contribution in [0.15, 0.2) is 16.0 Å². The SMILES string of the molecule is C/C=N/c1nc2n(CCC)c(=O)c(C)cn2n1. The van der Waals surface area contributed by atoms with Gasteiger partial charge in [-0.25, -0.2) is 9.51 Å². The molecule has 0 unspecified atom stereocenters. The quantitative estimate of drug-likeness (QED) is 0.751. The molecule has 2 heterocycles. The molecule has 90 valence electrons. The second kappa shape index (κ2) is 4.48. The van der Waals surface area contributed by atoms with Gasteiger partial charge in [0, 0.05) is 24.5 Å². The Kier molecular flexibility index (Phi) is 3.03. The second-order valence-electron chi connectivity index (χ2n) is 3.81. The van der Waals surface area contributed by atoms with E-state index in [0.717, 1.165) is 6.42 Å². The van der Waals surface area contributed by atoms with Crippen molar-refractivity contribution in [3.8, 4) is 0 Å². The zero-order valence-corrected chi connectivity index (χ0v) is 10.2. The van der Waals surface area contributed by atoms with Crippen molar-refractivity contribution in [3.05, 3.63) is 22.1 Å². The molecular formula is C11H15N5O. The monoisotopic (exact) mass is 233 g/mol. The van der Waals surface area contributed by atoms with Crippen molar-refractivity contribution < 1.29 is 0 Å². The van der Waals surface area contributed by atoms with E-state index in [1.54, 1.807) is 35.3 Å². The van der Waals surface area contributed by atoms with Crippen molar-refractivity contribution in [2.45, 2.75) is 33.7 Å². The minimum Gasteiger partial charge on any atom is -0.277 e. The van der Waals surface area contributed by atoms with Gasteiger partial charge in [0.15, 0.2) is 0 Å². The number of aromatic nitrogens is 4. The molecule has 0 spiro atoms. The zero-order chi connectivity index (χ0) is 12.4. The van der Waals surface area contributed by atoms with Gasteiger partial charge in [-0.1, -0.05) is 6.92 Å². The van der Waals surface area contributed by atoms with Gasteiger partial charge in [-0.05, 0) is 20.3 Å². The fourth-order valence-electron chi connectivity index (χ4n) is 1.71. The van der Waals surface area contributed by atoms with E-state index in [4.69, 9.17) is 0 Å². The molecule has 0 fully saturated rings. The topological polar surface area (TPSA) is 64.5 Å². The van der Waals surface area contributed by atoms with E-state index < -0.39 is 0 Å². The van der Waals surface area contributed by atoms with Gasteiger partial charge in [-0.15, -0.1) is 5.10 Å². The molecule has 0 aliphatic heterocycles. The van der Waals surface area contributed by atoms with E-state index in [2.05, 4.69) is 15.1 Å². The standard InChI is InChI=1S/C11H15N5O/c1-4-6-15-9(17)8(3)7-16-11(15)13-10(14-16)12-5-2/h5,7H,4,6H2,1-3H3/b12-5+. The summed E-state index contributed by atoms with van der Waals surface area (Å²) in [7, 11) is 0. The molecule has 2 aromatic rings. The Morgan fingerprint density at radius 3 is 2.94 bits per heavy atom. The fourth-order valence-corrected chi connectivity index (χ4v) is 1.71. The van der Waals surface area contributed by atoms with Gasteiger partial charge in [0.2, 0.25) is 5.78 Å². The highest BCUT2D eigenvalue weighted by molar-refractivity contribution is 5.57. The Hall–Kier alpha value is -1.98. The maximum Gasteiger partial charge on any atom is 0.270 e. The lowest BCUT2D eigenvalue weighted by atomic mass is 10.3. The van der Waals surface area contributed by atoms with Gasteiger partial charge in [-0.2, -0.15) is 4.98 Å². The Balaban J connectivity index is 2.74.